The third-order valence-corrected chi connectivity index (χ3v) is 5.47. The zero-order chi connectivity index (χ0) is 19.8. The van der Waals surface area contributed by atoms with Crippen molar-refractivity contribution in [2.75, 3.05) is 60.6 Å². The largest absolute Gasteiger partial charge is 0.493 e. The molecule has 0 aromatic heterocycles. The first-order valence-electron chi connectivity index (χ1n) is 10.0. The van der Waals surface area contributed by atoms with Gasteiger partial charge in [0.2, 0.25) is 5.75 Å². The number of ether oxygens (including phenoxy) is 3. The molecule has 0 spiro atoms. The molecule has 5 nitrogen and oxygen atoms in total. The maximum absolute atomic E-state index is 5.46. The van der Waals surface area contributed by atoms with Crippen molar-refractivity contribution in [3.05, 3.63) is 53.6 Å². The molecule has 0 N–H and O–H groups in total. The fourth-order valence-electron chi connectivity index (χ4n) is 3.74. The predicted octanol–water partition coefficient (Wildman–Crippen LogP) is 3.12. The third-order valence-electron chi connectivity index (χ3n) is 5.47. The molecule has 3 rings (SSSR count). The number of piperazine rings is 1. The first-order chi connectivity index (χ1) is 13.7. The van der Waals surface area contributed by atoms with Crippen LogP contribution >= 0.6 is 0 Å². The van der Waals surface area contributed by atoms with Gasteiger partial charge < -0.3 is 24.0 Å². The summed E-state index contributed by atoms with van der Waals surface area (Å²) < 4.78 is 16.3. The molecule has 0 saturated carbocycles. The van der Waals surface area contributed by atoms with Crippen molar-refractivity contribution in [2.45, 2.75) is 12.8 Å². The normalized spacial score (nSPS) is 15.4. The number of hydrogen-bond donors (Lipinski definition) is 0. The molecule has 0 atom stereocenters. The van der Waals surface area contributed by atoms with Crippen LogP contribution in [0.2, 0.25) is 0 Å². The molecule has 2 aromatic rings. The fourth-order valence-corrected chi connectivity index (χ4v) is 3.74. The minimum Gasteiger partial charge on any atom is -0.493 e. The van der Waals surface area contributed by atoms with Gasteiger partial charge in [0.15, 0.2) is 11.5 Å². The van der Waals surface area contributed by atoms with Gasteiger partial charge >= 0.3 is 0 Å². The second kappa shape index (κ2) is 10.3. The Morgan fingerprint density at radius 3 is 1.64 bits per heavy atom. The van der Waals surface area contributed by atoms with Crippen LogP contribution in [0, 0.1) is 0 Å². The molecule has 0 unspecified atom stereocenters. The molecular formula is C23H32N2O3. The van der Waals surface area contributed by atoms with E-state index < -0.39 is 0 Å². The lowest BCUT2D eigenvalue weighted by molar-refractivity contribution is 0.134. The third kappa shape index (κ3) is 5.40. The fraction of sp³-hybridized carbons (Fsp3) is 0.478. The predicted molar refractivity (Wildman–Crippen MR) is 113 cm³/mol. The minimum atomic E-state index is 0.654. The van der Waals surface area contributed by atoms with E-state index >= 15 is 0 Å². The van der Waals surface area contributed by atoms with Crippen molar-refractivity contribution < 1.29 is 14.2 Å². The first-order valence-corrected chi connectivity index (χ1v) is 10.0. The van der Waals surface area contributed by atoms with Crippen molar-refractivity contribution in [2.24, 2.45) is 0 Å². The standard InChI is InChI=1S/C23H32N2O3/c1-26-21-17-20(18-22(27-2)23(21)28-3)10-12-25-15-13-24(14-16-25)11-9-19-7-5-4-6-8-19/h4-8,17-18H,9-16H2,1-3H3. The summed E-state index contributed by atoms with van der Waals surface area (Å²) in [6.45, 7) is 6.72. The van der Waals surface area contributed by atoms with E-state index in [0.717, 1.165) is 63.6 Å². The molecule has 1 aliphatic heterocycles. The van der Waals surface area contributed by atoms with Crippen LogP contribution in [0.4, 0.5) is 0 Å². The van der Waals surface area contributed by atoms with Gasteiger partial charge in [-0.15, -0.1) is 0 Å². The Labute approximate surface area is 168 Å². The molecule has 0 radical (unpaired) electrons. The average molecular weight is 385 g/mol. The van der Waals surface area contributed by atoms with Crippen LogP contribution in [0.1, 0.15) is 11.1 Å². The highest BCUT2D eigenvalue weighted by Gasteiger charge is 2.18. The van der Waals surface area contributed by atoms with Crippen molar-refractivity contribution in [3.8, 4) is 17.2 Å². The molecule has 152 valence electrons. The van der Waals surface area contributed by atoms with Gasteiger partial charge in [0, 0.05) is 39.3 Å². The number of nitrogens with zero attached hydrogens (tertiary/aromatic N) is 2. The summed E-state index contributed by atoms with van der Waals surface area (Å²) >= 11 is 0. The van der Waals surface area contributed by atoms with Gasteiger partial charge in [-0.05, 0) is 36.1 Å². The molecule has 1 heterocycles. The summed E-state index contributed by atoms with van der Waals surface area (Å²) in [5.74, 6) is 2.10. The second-order valence-electron chi connectivity index (χ2n) is 7.20. The summed E-state index contributed by atoms with van der Waals surface area (Å²) in [5.41, 5.74) is 2.63. The Balaban J connectivity index is 1.46. The van der Waals surface area contributed by atoms with Gasteiger partial charge in [-0.1, -0.05) is 30.3 Å². The summed E-state index contributed by atoms with van der Waals surface area (Å²) in [6, 6.07) is 14.9. The number of methoxy groups -OCH3 is 3. The summed E-state index contributed by atoms with van der Waals surface area (Å²) in [4.78, 5) is 5.12. The van der Waals surface area contributed by atoms with Crippen LogP contribution in [0.25, 0.3) is 0 Å². The smallest absolute Gasteiger partial charge is 0.203 e. The molecule has 2 aromatic carbocycles. The van der Waals surface area contributed by atoms with Crippen LogP contribution in [-0.2, 0) is 12.8 Å². The summed E-state index contributed by atoms with van der Waals surface area (Å²) in [6.07, 6.45) is 2.10. The highest BCUT2D eigenvalue weighted by molar-refractivity contribution is 5.53. The molecule has 0 bridgehead atoms. The Morgan fingerprint density at radius 1 is 0.679 bits per heavy atom. The van der Waals surface area contributed by atoms with Gasteiger partial charge in [-0.25, -0.2) is 0 Å². The lowest BCUT2D eigenvalue weighted by Crippen LogP contribution is -2.47. The lowest BCUT2D eigenvalue weighted by atomic mass is 10.1. The quantitative estimate of drug-likeness (QED) is 0.664. The van der Waals surface area contributed by atoms with Gasteiger partial charge in [0.25, 0.3) is 0 Å². The Bertz CT molecular complexity index is 703. The van der Waals surface area contributed by atoms with Crippen LogP contribution in [0.3, 0.4) is 0 Å². The van der Waals surface area contributed by atoms with E-state index in [4.69, 9.17) is 14.2 Å². The molecule has 1 aliphatic rings. The number of rotatable bonds is 9. The van der Waals surface area contributed by atoms with Crippen LogP contribution in [0.15, 0.2) is 42.5 Å². The zero-order valence-electron chi connectivity index (χ0n) is 17.3. The van der Waals surface area contributed by atoms with E-state index in [0.29, 0.717) is 5.75 Å². The zero-order valence-corrected chi connectivity index (χ0v) is 17.3. The van der Waals surface area contributed by atoms with Gasteiger partial charge in [0.05, 0.1) is 21.3 Å². The minimum absolute atomic E-state index is 0.654. The average Bonchev–Trinajstić information content (AvgIpc) is 2.76. The topological polar surface area (TPSA) is 34.2 Å². The number of benzene rings is 2. The maximum atomic E-state index is 5.46. The van der Waals surface area contributed by atoms with Crippen LogP contribution < -0.4 is 14.2 Å². The van der Waals surface area contributed by atoms with E-state index in [1.165, 1.54) is 11.1 Å². The van der Waals surface area contributed by atoms with E-state index in [1.54, 1.807) is 21.3 Å². The highest BCUT2D eigenvalue weighted by Crippen LogP contribution is 2.38. The van der Waals surface area contributed by atoms with Gasteiger partial charge in [0.1, 0.15) is 0 Å². The Kier molecular flexibility index (Phi) is 7.57. The molecular weight excluding hydrogens is 352 g/mol. The Morgan fingerprint density at radius 2 is 1.18 bits per heavy atom. The lowest BCUT2D eigenvalue weighted by Gasteiger charge is -2.34. The monoisotopic (exact) mass is 384 g/mol. The van der Waals surface area contributed by atoms with E-state index in [1.807, 2.05) is 0 Å². The van der Waals surface area contributed by atoms with Gasteiger partial charge in [-0.2, -0.15) is 0 Å². The molecule has 1 fully saturated rings. The molecule has 5 heteroatoms. The van der Waals surface area contributed by atoms with E-state index in [9.17, 15) is 0 Å². The van der Waals surface area contributed by atoms with Crippen molar-refractivity contribution in [1.82, 2.24) is 9.80 Å². The molecule has 28 heavy (non-hydrogen) atoms. The van der Waals surface area contributed by atoms with Gasteiger partial charge in [-0.3, -0.25) is 0 Å². The maximum Gasteiger partial charge on any atom is 0.203 e. The van der Waals surface area contributed by atoms with Crippen molar-refractivity contribution in [1.29, 1.82) is 0 Å². The van der Waals surface area contributed by atoms with Crippen molar-refractivity contribution >= 4 is 0 Å². The second-order valence-corrected chi connectivity index (χ2v) is 7.20. The molecule has 0 aliphatic carbocycles. The van der Waals surface area contributed by atoms with Crippen LogP contribution in [-0.4, -0.2) is 70.4 Å². The summed E-state index contributed by atoms with van der Waals surface area (Å²) in [7, 11) is 4.96. The highest BCUT2D eigenvalue weighted by atomic mass is 16.5. The molecule has 1 saturated heterocycles. The first kappa shape index (κ1) is 20.5. The summed E-state index contributed by atoms with van der Waals surface area (Å²) in [5, 5.41) is 0. The number of hydrogen-bond acceptors (Lipinski definition) is 5. The van der Waals surface area contributed by atoms with Crippen LogP contribution in [0.5, 0.6) is 17.2 Å². The van der Waals surface area contributed by atoms with Crippen molar-refractivity contribution in [3.63, 3.8) is 0 Å². The van der Waals surface area contributed by atoms with E-state index in [2.05, 4.69) is 52.3 Å². The molecule has 0 amide bonds. The Hall–Kier alpha value is -2.24. The van der Waals surface area contributed by atoms with E-state index in [-0.39, 0.29) is 0 Å². The SMILES string of the molecule is COc1cc(CCN2CCN(CCc3ccccc3)CC2)cc(OC)c1OC.